The maximum atomic E-state index is 13.4. The zero-order valence-corrected chi connectivity index (χ0v) is 12.3. The first kappa shape index (κ1) is 15.0. The molecule has 100 valence electrons. The molecule has 0 heterocycles. The third kappa shape index (κ3) is 5.04. The molecule has 0 radical (unpaired) electrons. The standard InChI is InChI=1S/C13H19BrFN3/c1-3-9(2)18-13(16)17-7-6-10-8-11(14)4-5-12(10)15/h4-5,8-9H,3,6-7H2,1-2H3,(H3,16,17,18). The first-order valence-electron chi connectivity index (χ1n) is 6.03. The lowest BCUT2D eigenvalue weighted by Crippen LogP contribution is -2.38. The fourth-order valence-electron chi connectivity index (χ4n) is 1.43. The third-order valence-electron chi connectivity index (χ3n) is 2.68. The minimum Gasteiger partial charge on any atom is -0.370 e. The predicted molar refractivity (Wildman–Crippen MR) is 77.2 cm³/mol. The van der Waals surface area contributed by atoms with Crippen LogP contribution < -0.4 is 11.1 Å². The van der Waals surface area contributed by atoms with E-state index in [0.717, 1.165) is 10.9 Å². The SMILES string of the molecule is CCC(C)NC(N)=NCCc1cc(Br)ccc1F. The Morgan fingerprint density at radius 1 is 1.56 bits per heavy atom. The van der Waals surface area contributed by atoms with Crippen LogP contribution in [0.5, 0.6) is 0 Å². The molecule has 0 saturated heterocycles. The van der Waals surface area contributed by atoms with Crippen LogP contribution in [0.1, 0.15) is 25.8 Å². The van der Waals surface area contributed by atoms with E-state index in [1.54, 1.807) is 12.1 Å². The highest BCUT2D eigenvalue weighted by Crippen LogP contribution is 2.15. The van der Waals surface area contributed by atoms with Crippen molar-refractivity contribution in [1.82, 2.24) is 5.32 Å². The van der Waals surface area contributed by atoms with Crippen molar-refractivity contribution in [1.29, 1.82) is 0 Å². The average Bonchev–Trinajstić information content (AvgIpc) is 2.33. The highest BCUT2D eigenvalue weighted by molar-refractivity contribution is 9.10. The fraction of sp³-hybridized carbons (Fsp3) is 0.462. The van der Waals surface area contributed by atoms with E-state index in [1.165, 1.54) is 6.07 Å². The first-order valence-corrected chi connectivity index (χ1v) is 6.82. The molecule has 0 bridgehead atoms. The number of nitrogens with one attached hydrogen (secondary N) is 1. The molecule has 0 amide bonds. The van der Waals surface area contributed by atoms with E-state index < -0.39 is 0 Å². The molecule has 0 aliphatic carbocycles. The Balaban J connectivity index is 2.50. The molecule has 5 heteroatoms. The normalized spacial score (nSPS) is 13.4. The number of aliphatic imine (C=N–C) groups is 1. The summed E-state index contributed by atoms with van der Waals surface area (Å²) in [6, 6.07) is 5.20. The van der Waals surface area contributed by atoms with Gasteiger partial charge >= 0.3 is 0 Å². The molecule has 0 aliphatic rings. The number of hydrogen-bond acceptors (Lipinski definition) is 1. The molecule has 0 spiro atoms. The summed E-state index contributed by atoms with van der Waals surface area (Å²) in [6.07, 6.45) is 1.52. The Bertz CT molecular complexity index is 421. The zero-order valence-electron chi connectivity index (χ0n) is 10.7. The van der Waals surface area contributed by atoms with Gasteiger partial charge in [-0.05, 0) is 43.5 Å². The van der Waals surface area contributed by atoms with Crippen LogP contribution in [0, 0.1) is 5.82 Å². The van der Waals surface area contributed by atoms with Gasteiger partial charge in [0.25, 0.3) is 0 Å². The van der Waals surface area contributed by atoms with Gasteiger partial charge in [-0.1, -0.05) is 22.9 Å². The van der Waals surface area contributed by atoms with Gasteiger partial charge in [-0.2, -0.15) is 0 Å². The molecule has 0 fully saturated rings. The van der Waals surface area contributed by atoms with Crippen molar-refractivity contribution in [2.24, 2.45) is 10.7 Å². The van der Waals surface area contributed by atoms with Crippen molar-refractivity contribution in [2.75, 3.05) is 6.54 Å². The molecule has 3 N–H and O–H groups in total. The fourth-order valence-corrected chi connectivity index (χ4v) is 1.84. The molecular formula is C13H19BrFN3. The largest absolute Gasteiger partial charge is 0.370 e. The zero-order chi connectivity index (χ0) is 13.5. The van der Waals surface area contributed by atoms with Crippen LogP contribution in [0.3, 0.4) is 0 Å². The van der Waals surface area contributed by atoms with Gasteiger partial charge in [0.1, 0.15) is 5.82 Å². The van der Waals surface area contributed by atoms with Gasteiger partial charge in [0.05, 0.1) is 0 Å². The maximum absolute atomic E-state index is 13.4. The van der Waals surface area contributed by atoms with Crippen LogP contribution in [-0.4, -0.2) is 18.5 Å². The molecule has 1 aromatic carbocycles. The van der Waals surface area contributed by atoms with Gasteiger partial charge in [0.15, 0.2) is 5.96 Å². The van der Waals surface area contributed by atoms with Crippen molar-refractivity contribution in [2.45, 2.75) is 32.7 Å². The topological polar surface area (TPSA) is 50.4 Å². The number of benzene rings is 1. The monoisotopic (exact) mass is 315 g/mol. The second kappa shape index (κ2) is 7.36. The number of nitrogens with two attached hydrogens (primary N) is 1. The van der Waals surface area contributed by atoms with Gasteiger partial charge in [0.2, 0.25) is 0 Å². The lowest BCUT2D eigenvalue weighted by Gasteiger charge is -2.11. The summed E-state index contributed by atoms with van der Waals surface area (Å²) >= 11 is 3.32. The van der Waals surface area contributed by atoms with Crippen molar-refractivity contribution in [3.8, 4) is 0 Å². The average molecular weight is 316 g/mol. The maximum Gasteiger partial charge on any atom is 0.188 e. The summed E-state index contributed by atoms with van der Waals surface area (Å²) in [6.45, 7) is 4.58. The molecule has 1 unspecified atom stereocenters. The van der Waals surface area contributed by atoms with Crippen LogP contribution in [-0.2, 0) is 6.42 Å². The van der Waals surface area contributed by atoms with E-state index in [-0.39, 0.29) is 5.82 Å². The minimum absolute atomic E-state index is 0.207. The van der Waals surface area contributed by atoms with Gasteiger partial charge in [0, 0.05) is 17.1 Å². The summed E-state index contributed by atoms with van der Waals surface area (Å²) < 4.78 is 14.3. The van der Waals surface area contributed by atoms with Crippen molar-refractivity contribution in [3.05, 3.63) is 34.1 Å². The summed E-state index contributed by atoms with van der Waals surface area (Å²) in [7, 11) is 0. The first-order chi connectivity index (χ1) is 8.52. The van der Waals surface area contributed by atoms with E-state index in [4.69, 9.17) is 5.73 Å². The lowest BCUT2D eigenvalue weighted by molar-refractivity contribution is 0.608. The Morgan fingerprint density at radius 3 is 2.94 bits per heavy atom. The van der Waals surface area contributed by atoms with Crippen molar-refractivity contribution < 1.29 is 4.39 Å². The Labute approximate surface area is 116 Å². The Hall–Kier alpha value is -1.10. The van der Waals surface area contributed by atoms with Crippen molar-refractivity contribution >= 4 is 21.9 Å². The van der Waals surface area contributed by atoms with Gasteiger partial charge < -0.3 is 11.1 Å². The minimum atomic E-state index is -0.207. The summed E-state index contributed by atoms with van der Waals surface area (Å²) in [5, 5.41) is 3.07. The predicted octanol–water partition coefficient (Wildman–Crippen LogP) is 2.83. The number of hydrogen-bond donors (Lipinski definition) is 2. The number of nitrogens with zero attached hydrogens (tertiary/aromatic N) is 1. The summed E-state index contributed by atoms with van der Waals surface area (Å²) in [4.78, 5) is 4.18. The van der Waals surface area contributed by atoms with E-state index in [1.807, 2.05) is 6.92 Å². The van der Waals surface area contributed by atoms with Gasteiger partial charge in [-0.3, -0.25) is 4.99 Å². The second-order valence-corrected chi connectivity index (χ2v) is 5.12. The number of guanidine groups is 1. The third-order valence-corrected chi connectivity index (χ3v) is 3.17. The van der Waals surface area contributed by atoms with E-state index in [0.29, 0.717) is 30.5 Å². The summed E-state index contributed by atoms with van der Waals surface area (Å²) in [5.74, 6) is 0.210. The second-order valence-electron chi connectivity index (χ2n) is 4.21. The highest BCUT2D eigenvalue weighted by atomic mass is 79.9. The number of halogens is 2. The molecule has 0 aliphatic heterocycles. The summed E-state index contributed by atoms with van der Waals surface area (Å²) in [5.41, 5.74) is 6.36. The molecule has 0 aromatic heterocycles. The highest BCUT2D eigenvalue weighted by Gasteiger charge is 2.03. The van der Waals surface area contributed by atoms with Crippen LogP contribution >= 0.6 is 15.9 Å². The molecule has 1 rings (SSSR count). The molecular weight excluding hydrogens is 297 g/mol. The van der Waals surface area contributed by atoms with E-state index in [9.17, 15) is 4.39 Å². The molecule has 0 saturated carbocycles. The van der Waals surface area contributed by atoms with Gasteiger partial charge in [-0.15, -0.1) is 0 Å². The lowest BCUT2D eigenvalue weighted by atomic mass is 10.1. The van der Waals surface area contributed by atoms with E-state index >= 15 is 0 Å². The van der Waals surface area contributed by atoms with Crippen LogP contribution in [0.2, 0.25) is 0 Å². The van der Waals surface area contributed by atoms with Gasteiger partial charge in [-0.25, -0.2) is 4.39 Å². The smallest absolute Gasteiger partial charge is 0.188 e. The molecule has 18 heavy (non-hydrogen) atoms. The Kier molecular flexibility index (Phi) is 6.12. The van der Waals surface area contributed by atoms with Crippen LogP contribution in [0.15, 0.2) is 27.7 Å². The molecule has 1 aromatic rings. The Morgan fingerprint density at radius 2 is 2.28 bits per heavy atom. The number of rotatable bonds is 5. The van der Waals surface area contributed by atoms with E-state index in [2.05, 4.69) is 33.2 Å². The molecule has 3 nitrogen and oxygen atoms in total. The quantitative estimate of drug-likeness (QED) is 0.648. The van der Waals surface area contributed by atoms with Crippen LogP contribution in [0.25, 0.3) is 0 Å². The van der Waals surface area contributed by atoms with Crippen molar-refractivity contribution in [3.63, 3.8) is 0 Å². The molecule has 1 atom stereocenters. The van der Waals surface area contributed by atoms with Crippen LogP contribution in [0.4, 0.5) is 4.39 Å².